The van der Waals surface area contributed by atoms with E-state index in [1.807, 2.05) is 23.1 Å². The number of imide groups is 1. The van der Waals surface area contributed by atoms with Crippen LogP contribution in [0.4, 0.5) is 22.9 Å². The maximum atomic E-state index is 12.9. The zero-order valence-corrected chi connectivity index (χ0v) is 17.7. The van der Waals surface area contributed by atoms with Crippen LogP contribution >= 0.6 is 0 Å². The predicted molar refractivity (Wildman–Crippen MR) is 120 cm³/mol. The van der Waals surface area contributed by atoms with Gasteiger partial charge in [0.1, 0.15) is 11.5 Å². The molecule has 2 aromatic rings. The number of nitrogens with zero attached hydrogens (tertiary/aromatic N) is 5. The van der Waals surface area contributed by atoms with Gasteiger partial charge in [-0.1, -0.05) is 18.9 Å². The lowest BCUT2D eigenvalue weighted by molar-refractivity contribution is -0.384. The van der Waals surface area contributed by atoms with Gasteiger partial charge >= 0.3 is 0 Å². The van der Waals surface area contributed by atoms with Crippen LogP contribution in [0.5, 0.6) is 0 Å². The number of piperazine rings is 1. The van der Waals surface area contributed by atoms with Gasteiger partial charge in [0.15, 0.2) is 0 Å². The molecule has 0 radical (unpaired) electrons. The zero-order valence-electron chi connectivity index (χ0n) is 17.7. The topological polar surface area (TPSA) is 99.9 Å². The monoisotopic (exact) mass is 435 g/mol. The number of hydrogen-bond donors (Lipinski definition) is 0. The number of fused-ring (bicyclic) bond motifs is 1. The number of nitro groups is 1. The number of nitro benzene ring substituents is 1. The molecule has 2 saturated heterocycles. The van der Waals surface area contributed by atoms with Gasteiger partial charge in [-0.15, -0.1) is 0 Å². The molecule has 2 amide bonds. The SMILES string of the molecule is O=C1[C@H]2CCCC[C@@H]2C(=O)N1c1ccc(N2CCN(c3ccccn3)CC2)c([N+](=O)[O-])c1. The van der Waals surface area contributed by atoms with Crippen LogP contribution in [-0.4, -0.2) is 47.9 Å². The Labute approximate surface area is 185 Å². The molecular formula is C23H25N5O4. The highest BCUT2D eigenvalue weighted by molar-refractivity contribution is 6.22. The first-order chi connectivity index (χ1) is 15.5. The van der Waals surface area contributed by atoms with E-state index in [0.29, 0.717) is 50.4 Å². The first-order valence-electron chi connectivity index (χ1n) is 11.1. The minimum atomic E-state index is -0.429. The molecule has 1 aromatic heterocycles. The number of aromatic nitrogens is 1. The van der Waals surface area contributed by atoms with Crippen molar-refractivity contribution in [3.63, 3.8) is 0 Å². The van der Waals surface area contributed by atoms with Crippen molar-refractivity contribution < 1.29 is 14.5 Å². The fourth-order valence-electron chi connectivity index (χ4n) is 5.20. The van der Waals surface area contributed by atoms with Crippen molar-refractivity contribution in [3.8, 4) is 0 Å². The number of amides is 2. The van der Waals surface area contributed by atoms with Crippen molar-refractivity contribution in [1.82, 2.24) is 4.98 Å². The molecule has 32 heavy (non-hydrogen) atoms. The Kier molecular flexibility index (Phi) is 5.24. The molecule has 166 valence electrons. The summed E-state index contributed by atoms with van der Waals surface area (Å²) in [6.45, 7) is 2.62. The fourth-order valence-corrected chi connectivity index (χ4v) is 5.20. The summed E-state index contributed by atoms with van der Waals surface area (Å²) in [6, 6.07) is 10.5. The van der Waals surface area contributed by atoms with Gasteiger partial charge in [0.05, 0.1) is 22.4 Å². The molecule has 2 aliphatic heterocycles. The maximum absolute atomic E-state index is 12.9. The summed E-state index contributed by atoms with van der Waals surface area (Å²) in [5, 5.41) is 11.9. The van der Waals surface area contributed by atoms with Gasteiger partial charge in [-0.25, -0.2) is 9.88 Å². The quantitative estimate of drug-likeness (QED) is 0.413. The Morgan fingerprint density at radius 1 is 0.906 bits per heavy atom. The van der Waals surface area contributed by atoms with Crippen molar-refractivity contribution in [1.29, 1.82) is 0 Å². The van der Waals surface area contributed by atoms with Gasteiger partial charge in [-0.2, -0.15) is 0 Å². The molecule has 9 nitrogen and oxygen atoms in total. The predicted octanol–water partition coefficient (Wildman–Crippen LogP) is 3.00. The molecule has 3 fully saturated rings. The van der Waals surface area contributed by atoms with E-state index in [0.717, 1.165) is 18.7 Å². The number of pyridine rings is 1. The molecule has 1 saturated carbocycles. The van der Waals surface area contributed by atoms with E-state index in [1.54, 1.807) is 18.3 Å². The third-order valence-electron chi connectivity index (χ3n) is 6.85. The second kappa shape index (κ2) is 8.22. The Hall–Kier alpha value is -3.49. The Morgan fingerprint density at radius 3 is 2.16 bits per heavy atom. The maximum Gasteiger partial charge on any atom is 0.294 e. The summed E-state index contributed by atoms with van der Waals surface area (Å²) in [4.78, 5) is 47.0. The van der Waals surface area contributed by atoms with E-state index < -0.39 is 4.92 Å². The summed E-state index contributed by atoms with van der Waals surface area (Å²) in [5.41, 5.74) is 0.733. The molecule has 1 aromatic carbocycles. The van der Waals surface area contributed by atoms with E-state index in [2.05, 4.69) is 9.88 Å². The standard InChI is InChI=1S/C23H25N5O4/c29-22-17-5-1-2-6-18(17)23(30)27(22)16-8-9-19(20(15-16)28(31)32)25-11-13-26(14-12-25)21-7-3-4-10-24-21/h3-4,7-10,15,17-18H,1-2,5-6,11-14H2/t17-,18-/m0/s1. The second-order valence-corrected chi connectivity index (χ2v) is 8.60. The Bertz CT molecular complexity index is 1030. The van der Waals surface area contributed by atoms with Gasteiger partial charge in [-0.3, -0.25) is 19.7 Å². The molecule has 9 heteroatoms. The molecule has 3 heterocycles. The fraction of sp³-hybridized carbons (Fsp3) is 0.435. The highest BCUT2D eigenvalue weighted by Crippen LogP contribution is 2.42. The highest BCUT2D eigenvalue weighted by Gasteiger charge is 2.49. The summed E-state index contributed by atoms with van der Waals surface area (Å²) in [5.74, 6) is -0.106. The molecule has 0 spiro atoms. The number of carbonyl (C=O) groups excluding carboxylic acids is 2. The zero-order chi connectivity index (χ0) is 22.2. The van der Waals surface area contributed by atoms with Crippen molar-refractivity contribution >= 4 is 34.7 Å². The Balaban J connectivity index is 1.38. The number of rotatable bonds is 4. The van der Waals surface area contributed by atoms with Crippen molar-refractivity contribution in [2.75, 3.05) is 40.9 Å². The summed E-state index contributed by atoms with van der Waals surface area (Å²) in [6.07, 6.45) is 5.07. The number of hydrogen-bond acceptors (Lipinski definition) is 7. The molecule has 3 aliphatic rings. The first-order valence-corrected chi connectivity index (χ1v) is 11.1. The van der Waals surface area contributed by atoms with Crippen LogP contribution in [0, 0.1) is 22.0 Å². The van der Waals surface area contributed by atoms with E-state index in [4.69, 9.17) is 0 Å². The van der Waals surface area contributed by atoms with Crippen LogP contribution in [0.25, 0.3) is 0 Å². The van der Waals surface area contributed by atoms with Gasteiger partial charge in [-0.05, 0) is 37.1 Å². The molecule has 2 atom stereocenters. The first kappa shape index (κ1) is 20.4. The normalized spacial score (nSPS) is 23.4. The van der Waals surface area contributed by atoms with Gasteiger partial charge < -0.3 is 9.80 Å². The summed E-state index contributed by atoms with van der Waals surface area (Å²) < 4.78 is 0. The van der Waals surface area contributed by atoms with Crippen molar-refractivity contribution in [3.05, 3.63) is 52.7 Å². The largest absolute Gasteiger partial charge is 0.362 e. The summed E-state index contributed by atoms with van der Waals surface area (Å²) >= 11 is 0. The highest BCUT2D eigenvalue weighted by atomic mass is 16.6. The second-order valence-electron chi connectivity index (χ2n) is 8.60. The molecule has 0 N–H and O–H groups in total. The van der Waals surface area contributed by atoms with Crippen LogP contribution in [-0.2, 0) is 9.59 Å². The Morgan fingerprint density at radius 2 is 1.56 bits per heavy atom. The third kappa shape index (κ3) is 3.47. The molecular weight excluding hydrogens is 410 g/mol. The molecule has 5 rings (SSSR count). The number of carbonyl (C=O) groups is 2. The van der Waals surface area contributed by atoms with Crippen LogP contribution in [0.3, 0.4) is 0 Å². The van der Waals surface area contributed by atoms with E-state index in [-0.39, 0.29) is 29.3 Å². The van der Waals surface area contributed by atoms with Crippen LogP contribution < -0.4 is 14.7 Å². The van der Waals surface area contributed by atoms with Crippen molar-refractivity contribution in [2.45, 2.75) is 25.7 Å². The van der Waals surface area contributed by atoms with E-state index >= 15 is 0 Å². The minimum absolute atomic E-state index is 0.0794. The lowest BCUT2D eigenvalue weighted by Gasteiger charge is -2.36. The average Bonchev–Trinajstić information content (AvgIpc) is 3.09. The molecule has 1 aliphatic carbocycles. The molecule has 0 bridgehead atoms. The molecule has 0 unspecified atom stereocenters. The van der Waals surface area contributed by atoms with Crippen molar-refractivity contribution in [2.24, 2.45) is 11.8 Å². The smallest absolute Gasteiger partial charge is 0.294 e. The third-order valence-corrected chi connectivity index (χ3v) is 6.85. The van der Waals surface area contributed by atoms with Crippen LogP contribution in [0.1, 0.15) is 25.7 Å². The van der Waals surface area contributed by atoms with E-state index in [9.17, 15) is 19.7 Å². The van der Waals surface area contributed by atoms with Gasteiger partial charge in [0.2, 0.25) is 11.8 Å². The van der Waals surface area contributed by atoms with Crippen LogP contribution in [0.2, 0.25) is 0 Å². The lowest BCUT2D eigenvalue weighted by atomic mass is 9.81. The summed E-state index contributed by atoms with van der Waals surface area (Å²) in [7, 11) is 0. The number of benzene rings is 1. The van der Waals surface area contributed by atoms with Gasteiger partial charge in [0, 0.05) is 38.4 Å². The van der Waals surface area contributed by atoms with Gasteiger partial charge in [0.25, 0.3) is 5.69 Å². The average molecular weight is 435 g/mol. The lowest BCUT2D eigenvalue weighted by Crippen LogP contribution is -2.47. The van der Waals surface area contributed by atoms with E-state index in [1.165, 1.54) is 11.0 Å². The minimum Gasteiger partial charge on any atom is -0.362 e. The van der Waals surface area contributed by atoms with Crippen LogP contribution in [0.15, 0.2) is 42.6 Å². The number of anilines is 3.